The Bertz CT molecular complexity index is 400. The molecule has 16 heavy (non-hydrogen) atoms. The van der Waals surface area contributed by atoms with Crippen molar-refractivity contribution < 1.29 is 23.1 Å². The van der Waals surface area contributed by atoms with Gasteiger partial charge in [-0.25, -0.2) is 4.79 Å². The fourth-order valence-corrected chi connectivity index (χ4v) is 1.22. The van der Waals surface area contributed by atoms with E-state index in [1.54, 1.807) is 6.92 Å². The second-order valence-electron chi connectivity index (χ2n) is 3.48. The first kappa shape index (κ1) is 12.5. The number of nitrogens with two attached hydrogens (primary N) is 1. The van der Waals surface area contributed by atoms with E-state index in [0.29, 0.717) is 0 Å². The molecule has 3 N–H and O–H groups in total. The molecule has 0 aliphatic heterocycles. The number of hydrogen-bond donors (Lipinski definition) is 2. The van der Waals surface area contributed by atoms with E-state index in [1.807, 2.05) is 0 Å². The van der Waals surface area contributed by atoms with Crippen LogP contribution in [-0.4, -0.2) is 17.3 Å². The SMILES string of the molecule is Cc1ccc([C@](N)(C(=O)O)C(F)(F)F)cc1. The highest BCUT2D eigenvalue weighted by molar-refractivity contribution is 5.81. The summed E-state index contributed by atoms with van der Waals surface area (Å²) < 4.78 is 37.9. The van der Waals surface area contributed by atoms with Gasteiger partial charge in [0.15, 0.2) is 0 Å². The number of carbonyl (C=O) groups is 1. The summed E-state index contributed by atoms with van der Waals surface area (Å²) in [5.41, 5.74) is 1.84. The summed E-state index contributed by atoms with van der Waals surface area (Å²) in [6.45, 7) is 1.68. The van der Waals surface area contributed by atoms with Crippen molar-refractivity contribution >= 4 is 5.97 Å². The summed E-state index contributed by atoms with van der Waals surface area (Å²) >= 11 is 0. The van der Waals surface area contributed by atoms with E-state index in [2.05, 4.69) is 0 Å². The number of carboxylic acids is 1. The van der Waals surface area contributed by atoms with Gasteiger partial charge in [-0.2, -0.15) is 13.2 Å². The summed E-state index contributed by atoms with van der Waals surface area (Å²) in [5.74, 6) is -2.12. The molecule has 0 bridgehead atoms. The maximum Gasteiger partial charge on any atom is 0.421 e. The zero-order valence-electron chi connectivity index (χ0n) is 8.38. The van der Waals surface area contributed by atoms with E-state index in [9.17, 15) is 18.0 Å². The quantitative estimate of drug-likeness (QED) is 0.818. The Kier molecular flexibility index (Phi) is 2.96. The lowest BCUT2D eigenvalue weighted by Crippen LogP contribution is -2.56. The van der Waals surface area contributed by atoms with Crippen molar-refractivity contribution in [3.63, 3.8) is 0 Å². The minimum atomic E-state index is -5.05. The molecule has 0 amide bonds. The molecule has 0 unspecified atom stereocenters. The van der Waals surface area contributed by atoms with Gasteiger partial charge < -0.3 is 10.8 Å². The Labute approximate surface area is 89.7 Å². The van der Waals surface area contributed by atoms with Crippen molar-refractivity contribution in [3.8, 4) is 0 Å². The molecule has 0 aliphatic rings. The number of aryl methyl sites for hydroxylation is 1. The van der Waals surface area contributed by atoms with Gasteiger partial charge in [0.2, 0.25) is 5.54 Å². The summed E-state index contributed by atoms with van der Waals surface area (Å²) in [7, 11) is 0. The van der Waals surface area contributed by atoms with Crippen molar-refractivity contribution in [3.05, 3.63) is 35.4 Å². The fourth-order valence-electron chi connectivity index (χ4n) is 1.22. The van der Waals surface area contributed by atoms with Crippen LogP contribution in [0.25, 0.3) is 0 Å². The molecule has 0 radical (unpaired) electrons. The maximum atomic E-state index is 12.6. The number of alkyl halides is 3. The molecule has 0 saturated carbocycles. The molecule has 88 valence electrons. The van der Waals surface area contributed by atoms with Gasteiger partial charge in [-0.05, 0) is 12.5 Å². The molecule has 1 atom stereocenters. The van der Waals surface area contributed by atoms with Crippen LogP contribution in [0, 0.1) is 6.92 Å². The Morgan fingerprint density at radius 2 is 1.69 bits per heavy atom. The second kappa shape index (κ2) is 3.79. The lowest BCUT2D eigenvalue weighted by atomic mass is 9.90. The molecule has 0 aromatic heterocycles. The Hall–Kier alpha value is -1.56. The molecule has 1 rings (SSSR count). The van der Waals surface area contributed by atoms with Crippen molar-refractivity contribution in [2.75, 3.05) is 0 Å². The molecule has 0 saturated heterocycles. The highest BCUT2D eigenvalue weighted by Gasteiger charge is 2.59. The molecule has 6 heteroatoms. The monoisotopic (exact) mass is 233 g/mol. The molecule has 0 fully saturated rings. The fraction of sp³-hybridized carbons (Fsp3) is 0.300. The van der Waals surface area contributed by atoms with Crippen LogP contribution >= 0.6 is 0 Å². The minimum absolute atomic E-state index is 0.488. The predicted octanol–water partition coefficient (Wildman–Crippen LogP) is 1.80. The highest BCUT2D eigenvalue weighted by Crippen LogP contribution is 2.37. The Morgan fingerprint density at radius 1 is 1.25 bits per heavy atom. The van der Waals surface area contributed by atoms with Gasteiger partial charge in [0.1, 0.15) is 0 Å². The normalized spacial score (nSPS) is 15.6. The third kappa shape index (κ3) is 1.88. The van der Waals surface area contributed by atoms with Crippen molar-refractivity contribution in [1.82, 2.24) is 0 Å². The summed E-state index contributed by atoms with van der Waals surface area (Å²) in [6, 6.07) is 4.89. The van der Waals surface area contributed by atoms with Gasteiger partial charge in [0, 0.05) is 0 Å². The van der Waals surface area contributed by atoms with Crippen LogP contribution in [0.2, 0.25) is 0 Å². The molecular formula is C10H10F3NO2. The first-order valence-electron chi connectivity index (χ1n) is 4.35. The molecule has 0 aliphatic carbocycles. The molecule has 1 aromatic carbocycles. The lowest BCUT2D eigenvalue weighted by Gasteiger charge is -2.27. The molecule has 0 spiro atoms. The van der Waals surface area contributed by atoms with Gasteiger partial charge in [-0.15, -0.1) is 0 Å². The lowest BCUT2D eigenvalue weighted by molar-refractivity contribution is -0.204. The van der Waals surface area contributed by atoms with Crippen LogP contribution < -0.4 is 5.73 Å². The Morgan fingerprint density at radius 3 is 2.00 bits per heavy atom. The summed E-state index contributed by atoms with van der Waals surface area (Å²) in [5, 5.41) is 8.65. The van der Waals surface area contributed by atoms with E-state index in [-0.39, 0.29) is 0 Å². The Balaban J connectivity index is 3.34. The smallest absolute Gasteiger partial charge is 0.421 e. The molecule has 0 heterocycles. The first-order valence-corrected chi connectivity index (χ1v) is 4.35. The number of halogens is 3. The molecule has 3 nitrogen and oxygen atoms in total. The number of benzene rings is 1. The molecule has 1 aromatic rings. The van der Waals surface area contributed by atoms with E-state index in [0.717, 1.165) is 17.7 Å². The van der Waals surface area contributed by atoms with Gasteiger partial charge in [-0.1, -0.05) is 29.8 Å². The maximum absolute atomic E-state index is 12.6. The average molecular weight is 233 g/mol. The van der Waals surface area contributed by atoms with Gasteiger partial charge in [0.25, 0.3) is 0 Å². The third-order valence-electron chi connectivity index (χ3n) is 2.29. The number of aliphatic carboxylic acids is 1. The summed E-state index contributed by atoms with van der Waals surface area (Å²) in [6.07, 6.45) is -5.05. The third-order valence-corrected chi connectivity index (χ3v) is 2.29. The summed E-state index contributed by atoms with van der Waals surface area (Å²) in [4.78, 5) is 10.7. The molecular weight excluding hydrogens is 223 g/mol. The zero-order valence-corrected chi connectivity index (χ0v) is 8.38. The predicted molar refractivity (Wildman–Crippen MR) is 50.7 cm³/mol. The van der Waals surface area contributed by atoms with Crippen molar-refractivity contribution in [2.24, 2.45) is 5.73 Å². The van der Waals surface area contributed by atoms with E-state index >= 15 is 0 Å². The van der Waals surface area contributed by atoms with Crippen LogP contribution in [0.1, 0.15) is 11.1 Å². The number of rotatable bonds is 2. The van der Waals surface area contributed by atoms with Crippen LogP contribution in [0.15, 0.2) is 24.3 Å². The van der Waals surface area contributed by atoms with Crippen LogP contribution in [0.5, 0.6) is 0 Å². The zero-order chi connectivity index (χ0) is 12.6. The van der Waals surface area contributed by atoms with Gasteiger partial charge >= 0.3 is 12.1 Å². The van der Waals surface area contributed by atoms with Crippen LogP contribution in [0.4, 0.5) is 13.2 Å². The first-order chi connectivity index (χ1) is 7.19. The van der Waals surface area contributed by atoms with Gasteiger partial charge in [0.05, 0.1) is 0 Å². The minimum Gasteiger partial charge on any atom is -0.479 e. The van der Waals surface area contributed by atoms with E-state index < -0.39 is 23.2 Å². The van der Waals surface area contributed by atoms with Crippen molar-refractivity contribution in [2.45, 2.75) is 18.6 Å². The second-order valence-corrected chi connectivity index (χ2v) is 3.48. The van der Waals surface area contributed by atoms with Crippen molar-refractivity contribution in [1.29, 1.82) is 0 Å². The van der Waals surface area contributed by atoms with Crippen LogP contribution in [0.3, 0.4) is 0 Å². The van der Waals surface area contributed by atoms with E-state index in [4.69, 9.17) is 10.8 Å². The highest BCUT2D eigenvalue weighted by atomic mass is 19.4. The van der Waals surface area contributed by atoms with Crippen LogP contribution in [-0.2, 0) is 10.3 Å². The number of carboxylic acid groups (broad SMARTS) is 1. The van der Waals surface area contributed by atoms with E-state index in [1.165, 1.54) is 12.1 Å². The number of hydrogen-bond acceptors (Lipinski definition) is 2. The average Bonchev–Trinajstić information content (AvgIpc) is 2.15. The van der Waals surface area contributed by atoms with Gasteiger partial charge in [-0.3, -0.25) is 0 Å². The topological polar surface area (TPSA) is 63.3 Å². The standard InChI is InChI=1S/C10H10F3NO2/c1-6-2-4-7(5-3-6)9(14,8(15)16)10(11,12)13/h2-5H,14H2,1H3,(H,15,16)/t9-/m0/s1. The largest absolute Gasteiger partial charge is 0.479 e.